The Morgan fingerprint density at radius 1 is 1.14 bits per heavy atom. The molecule has 1 unspecified atom stereocenters. The summed E-state index contributed by atoms with van der Waals surface area (Å²) in [5, 5.41) is 9.58. The molecule has 1 saturated heterocycles. The zero-order valence-corrected chi connectivity index (χ0v) is 12.3. The van der Waals surface area contributed by atoms with Gasteiger partial charge in [0.1, 0.15) is 6.04 Å². The van der Waals surface area contributed by atoms with Crippen molar-refractivity contribution < 1.29 is 9.90 Å². The Labute approximate surface area is 129 Å². The number of rotatable bonds is 4. The molecule has 1 aliphatic rings. The first-order valence-corrected chi connectivity index (χ1v) is 7.56. The predicted molar refractivity (Wildman–Crippen MR) is 82.3 cm³/mol. The number of hydrogen-bond acceptors (Lipinski definition) is 4. The molecule has 0 bridgehead atoms. The van der Waals surface area contributed by atoms with Crippen LogP contribution < -0.4 is 0 Å². The molecular formula is C17H19N3O2. The molecule has 0 radical (unpaired) electrons. The van der Waals surface area contributed by atoms with Gasteiger partial charge in [-0.25, -0.2) is 0 Å². The van der Waals surface area contributed by atoms with Gasteiger partial charge in [-0.1, -0.05) is 18.6 Å². The van der Waals surface area contributed by atoms with Crippen molar-refractivity contribution in [1.82, 2.24) is 14.9 Å². The lowest BCUT2D eigenvalue weighted by molar-refractivity contribution is -0.145. The first-order chi connectivity index (χ1) is 10.8. The SMILES string of the molecule is O=C(O)C1CCCCN1C(c1cccnc1)c1cccnc1. The lowest BCUT2D eigenvalue weighted by Crippen LogP contribution is -2.46. The molecule has 114 valence electrons. The number of nitrogens with zero attached hydrogens (tertiary/aromatic N) is 3. The predicted octanol–water partition coefficient (Wildman–Crippen LogP) is 2.51. The van der Waals surface area contributed by atoms with Crippen molar-refractivity contribution in [3.63, 3.8) is 0 Å². The van der Waals surface area contributed by atoms with Crippen LogP contribution >= 0.6 is 0 Å². The number of pyridine rings is 2. The van der Waals surface area contributed by atoms with Crippen LogP contribution in [0.2, 0.25) is 0 Å². The van der Waals surface area contributed by atoms with Crippen LogP contribution in [0.15, 0.2) is 49.1 Å². The van der Waals surface area contributed by atoms with Crippen molar-refractivity contribution in [2.24, 2.45) is 0 Å². The lowest BCUT2D eigenvalue weighted by Gasteiger charge is -2.39. The van der Waals surface area contributed by atoms with E-state index in [1.165, 1.54) is 0 Å². The molecule has 0 spiro atoms. The molecule has 3 rings (SSSR count). The molecular weight excluding hydrogens is 278 g/mol. The second kappa shape index (κ2) is 6.66. The maximum atomic E-state index is 11.7. The third-order valence-corrected chi connectivity index (χ3v) is 4.16. The summed E-state index contributed by atoms with van der Waals surface area (Å²) in [5.41, 5.74) is 2.01. The third kappa shape index (κ3) is 2.99. The van der Waals surface area contributed by atoms with E-state index in [9.17, 15) is 9.90 Å². The standard InChI is InChI=1S/C17H19N3O2/c21-17(22)15-7-1-2-10-20(15)16(13-5-3-8-18-11-13)14-6-4-9-19-12-14/h3-6,8-9,11-12,15-16H,1-2,7,10H2,(H,21,22). The number of hydrogen-bond donors (Lipinski definition) is 1. The smallest absolute Gasteiger partial charge is 0.320 e. The average Bonchev–Trinajstić information content (AvgIpc) is 2.57. The van der Waals surface area contributed by atoms with Crippen molar-refractivity contribution in [3.8, 4) is 0 Å². The molecule has 2 aromatic heterocycles. The van der Waals surface area contributed by atoms with Crippen LogP contribution in [0.4, 0.5) is 0 Å². The molecule has 5 heteroatoms. The number of piperidine rings is 1. The molecule has 3 heterocycles. The van der Waals surface area contributed by atoms with E-state index in [0.29, 0.717) is 6.42 Å². The van der Waals surface area contributed by atoms with Crippen molar-refractivity contribution in [2.75, 3.05) is 6.54 Å². The van der Waals surface area contributed by atoms with Gasteiger partial charge in [-0.05, 0) is 42.6 Å². The van der Waals surface area contributed by atoms with E-state index in [1.54, 1.807) is 12.4 Å². The Kier molecular flexibility index (Phi) is 4.44. The van der Waals surface area contributed by atoms with Crippen LogP contribution in [0.5, 0.6) is 0 Å². The molecule has 2 aromatic rings. The highest BCUT2D eigenvalue weighted by molar-refractivity contribution is 5.73. The molecule has 5 nitrogen and oxygen atoms in total. The first kappa shape index (κ1) is 14.7. The molecule has 22 heavy (non-hydrogen) atoms. The van der Waals surface area contributed by atoms with Crippen LogP contribution in [-0.4, -0.2) is 38.5 Å². The van der Waals surface area contributed by atoms with Gasteiger partial charge in [0.25, 0.3) is 0 Å². The Morgan fingerprint density at radius 3 is 2.27 bits per heavy atom. The van der Waals surface area contributed by atoms with Gasteiger partial charge in [0.15, 0.2) is 0 Å². The minimum atomic E-state index is -0.752. The fourth-order valence-corrected chi connectivity index (χ4v) is 3.18. The van der Waals surface area contributed by atoms with E-state index in [4.69, 9.17) is 0 Å². The number of likely N-dealkylation sites (tertiary alicyclic amines) is 1. The molecule has 0 aliphatic carbocycles. The summed E-state index contributed by atoms with van der Waals surface area (Å²) in [6.07, 6.45) is 9.74. The summed E-state index contributed by atoms with van der Waals surface area (Å²) in [4.78, 5) is 22.1. The van der Waals surface area contributed by atoms with E-state index < -0.39 is 12.0 Å². The highest BCUT2D eigenvalue weighted by Crippen LogP contribution is 2.33. The normalized spacial score (nSPS) is 19.2. The van der Waals surface area contributed by atoms with Crippen LogP contribution in [0, 0.1) is 0 Å². The largest absolute Gasteiger partial charge is 0.480 e. The van der Waals surface area contributed by atoms with Crippen LogP contribution in [0.25, 0.3) is 0 Å². The fourth-order valence-electron chi connectivity index (χ4n) is 3.18. The lowest BCUT2D eigenvalue weighted by atomic mass is 9.93. The zero-order valence-electron chi connectivity index (χ0n) is 12.3. The fraction of sp³-hybridized carbons (Fsp3) is 0.353. The number of carbonyl (C=O) groups is 1. The van der Waals surface area contributed by atoms with Gasteiger partial charge in [0, 0.05) is 24.8 Å². The number of aromatic nitrogens is 2. The summed E-state index contributed by atoms with van der Waals surface area (Å²) in [6.45, 7) is 0.769. The van der Waals surface area contributed by atoms with Gasteiger partial charge in [-0.15, -0.1) is 0 Å². The van der Waals surface area contributed by atoms with Gasteiger partial charge < -0.3 is 5.11 Å². The first-order valence-electron chi connectivity index (χ1n) is 7.56. The maximum Gasteiger partial charge on any atom is 0.320 e. The number of carboxylic acids is 1. The molecule has 0 amide bonds. The summed E-state index contributed by atoms with van der Waals surface area (Å²) in [5.74, 6) is -0.752. The maximum absolute atomic E-state index is 11.7. The van der Waals surface area contributed by atoms with Crippen molar-refractivity contribution in [3.05, 3.63) is 60.2 Å². The van der Waals surface area contributed by atoms with E-state index in [0.717, 1.165) is 30.5 Å². The number of aliphatic carboxylic acids is 1. The Balaban J connectivity index is 2.03. The molecule has 1 atom stereocenters. The Hall–Kier alpha value is -2.27. The Morgan fingerprint density at radius 2 is 1.77 bits per heavy atom. The van der Waals surface area contributed by atoms with E-state index in [2.05, 4.69) is 14.9 Å². The van der Waals surface area contributed by atoms with E-state index in [1.807, 2.05) is 36.7 Å². The monoisotopic (exact) mass is 297 g/mol. The summed E-state index contributed by atoms with van der Waals surface area (Å²) >= 11 is 0. The molecule has 1 aliphatic heterocycles. The Bertz CT molecular complexity index is 579. The van der Waals surface area contributed by atoms with Crippen molar-refractivity contribution >= 4 is 5.97 Å². The summed E-state index contributed by atoms with van der Waals surface area (Å²) in [7, 11) is 0. The van der Waals surface area contributed by atoms with Gasteiger partial charge >= 0.3 is 5.97 Å². The van der Waals surface area contributed by atoms with Gasteiger partial charge in [-0.2, -0.15) is 0 Å². The van der Waals surface area contributed by atoms with E-state index in [-0.39, 0.29) is 6.04 Å². The van der Waals surface area contributed by atoms with Crippen LogP contribution in [-0.2, 0) is 4.79 Å². The van der Waals surface area contributed by atoms with E-state index >= 15 is 0 Å². The van der Waals surface area contributed by atoms with Crippen LogP contribution in [0.3, 0.4) is 0 Å². The van der Waals surface area contributed by atoms with Gasteiger partial charge in [-0.3, -0.25) is 19.7 Å². The van der Waals surface area contributed by atoms with Crippen molar-refractivity contribution in [2.45, 2.75) is 31.3 Å². The zero-order chi connectivity index (χ0) is 15.4. The quantitative estimate of drug-likeness (QED) is 0.939. The highest BCUT2D eigenvalue weighted by Gasteiger charge is 2.35. The van der Waals surface area contributed by atoms with Crippen LogP contribution in [0.1, 0.15) is 36.4 Å². The summed E-state index contributed by atoms with van der Waals surface area (Å²) in [6, 6.07) is 7.19. The molecule has 0 aromatic carbocycles. The molecule has 1 N–H and O–H groups in total. The minimum absolute atomic E-state index is 0.121. The van der Waals surface area contributed by atoms with Gasteiger partial charge in [0.2, 0.25) is 0 Å². The van der Waals surface area contributed by atoms with Crippen molar-refractivity contribution in [1.29, 1.82) is 0 Å². The molecule has 1 fully saturated rings. The van der Waals surface area contributed by atoms with Gasteiger partial charge in [0.05, 0.1) is 6.04 Å². The second-order valence-electron chi connectivity index (χ2n) is 5.56. The average molecular weight is 297 g/mol. The highest BCUT2D eigenvalue weighted by atomic mass is 16.4. The minimum Gasteiger partial charge on any atom is -0.480 e. The second-order valence-corrected chi connectivity index (χ2v) is 5.56. The molecule has 0 saturated carbocycles. The summed E-state index contributed by atoms with van der Waals surface area (Å²) < 4.78 is 0. The number of carboxylic acid groups (broad SMARTS) is 1. The third-order valence-electron chi connectivity index (χ3n) is 4.16. The topological polar surface area (TPSA) is 66.3 Å².